The Hall–Kier alpha value is -0.770. The van der Waals surface area contributed by atoms with Crippen molar-refractivity contribution in [2.45, 2.75) is 37.8 Å². The molecular weight excluding hydrogens is 168 g/mol. The Morgan fingerprint density at radius 3 is 2.54 bits per heavy atom. The van der Waals surface area contributed by atoms with Crippen LogP contribution in [0.15, 0.2) is 0 Å². The second-order valence-corrected chi connectivity index (χ2v) is 3.89. The average molecular weight is 184 g/mol. The van der Waals surface area contributed by atoms with E-state index >= 15 is 0 Å². The molecule has 2 amide bonds. The molecule has 0 aromatic carbocycles. The number of nitrogens with one attached hydrogen (secondary N) is 1. The van der Waals surface area contributed by atoms with Crippen LogP contribution in [0, 0.1) is 0 Å². The van der Waals surface area contributed by atoms with Gasteiger partial charge in [-0.3, -0.25) is 0 Å². The Kier molecular flexibility index (Phi) is 2.40. The number of rotatable bonds is 1. The maximum absolute atomic E-state index is 11.3. The van der Waals surface area contributed by atoms with Crippen LogP contribution in [-0.2, 0) is 0 Å². The lowest BCUT2D eigenvalue weighted by Crippen LogP contribution is -2.41. The van der Waals surface area contributed by atoms with Gasteiger partial charge in [0.05, 0.1) is 6.10 Å². The standard InChI is InChI=1S/C9H16N2O2/c12-8-3-1-7(2-4-8)11-6-5-10-9(11)13/h7-8,12H,1-6H2,(H,10,13). The van der Waals surface area contributed by atoms with Crippen molar-refractivity contribution >= 4 is 6.03 Å². The van der Waals surface area contributed by atoms with Crippen LogP contribution in [-0.4, -0.2) is 41.3 Å². The minimum absolute atomic E-state index is 0.0707. The van der Waals surface area contributed by atoms with Crippen LogP contribution < -0.4 is 5.32 Å². The first-order chi connectivity index (χ1) is 6.27. The minimum atomic E-state index is -0.137. The Labute approximate surface area is 77.9 Å². The Morgan fingerprint density at radius 1 is 1.31 bits per heavy atom. The molecule has 13 heavy (non-hydrogen) atoms. The molecule has 1 saturated carbocycles. The number of aliphatic hydroxyl groups is 1. The second-order valence-electron chi connectivity index (χ2n) is 3.89. The van der Waals surface area contributed by atoms with Gasteiger partial charge < -0.3 is 15.3 Å². The van der Waals surface area contributed by atoms with Crippen molar-refractivity contribution in [1.29, 1.82) is 0 Å². The van der Waals surface area contributed by atoms with E-state index in [0.29, 0.717) is 6.04 Å². The fourth-order valence-electron chi connectivity index (χ4n) is 2.20. The van der Waals surface area contributed by atoms with E-state index in [1.165, 1.54) is 0 Å². The summed E-state index contributed by atoms with van der Waals surface area (Å²) < 4.78 is 0. The summed E-state index contributed by atoms with van der Waals surface area (Å²) >= 11 is 0. The maximum atomic E-state index is 11.3. The molecule has 2 aliphatic rings. The Balaban J connectivity index is 1.90. The summed E-state index contributed by atoms with van der Waals surface area (Å²) in [5.74, 6) is 0. The van der Waals surface area contributed by atoms with Crippen LogP contribution in [0.4, 0.5) is 4.79 Å². The van der Waals surface area contributed by atoms with Crippen molar-refractivity contribution in [2.75, 3.05) is 13.1 Å². The molecular formula is C9H16N2O2. The van der Waals surface area contributed by atoms with Crippen molar-refractivity contribution in [3.63, 3.8) is 0 Å². The molecule has 4 heteroatoms. The molecule has 0 atom stereocenters. The molecule has 0 unspecified atom stereocenters. The molecule has 1 saturated heterocycles. The van der Waals surface area contributed by atoms with Crippen LogP contribution in [0.2, 0.25) is 0 Å². The van der Waals surface area contributed by atoms with Crippen molar-refractivity contribution in [3.8, 4) is 0 Å². The highest BCUT2D eigenvalue weighted by molar-refractivity contribution is 5.76. The first-order valence-electron chi connectivity index (χ1n) is 5.00. The summed E-state index contributed by atoms with van der Waals surface area (Å²) in [6.07, 6.45) is 3.45. The normalized spacial score (nSPS) is 34.8. The van der Waals surface area contributed by atoms with E-state index in [0.717, 1.165) is 38.8 Å². The van der Waals surface area contributed by atoms with E-state index in [9.17, 15) is 9.90 Å². The SMILES string of the molecule is O=C1NCCN1C1CCC(O)CC1. The van der Waals surface area contributed by atoms with Crippen molar-refractivity contribution in [2.24, 2.45) is 0 Å². The van der Waals surface area contributed by atoms with Crippen molar-refractivity contribution < 1.29 is 9.90 Å². The molecule has 1 aliphatic heterocycles. The minimum Gasteiger partial charge on any atom is -0.393 e. The smallest absolute Gasteiger partial charge is 0.317 e. The van der Waals surface area contributed by atoms with Crippen LogP contribution in [0.5, 0.6) is 0 Å². The number of urea groups is 1. The summed E-state index contributed by atoms with van der Waals surface area (Å²) in [5.41, 5.74) is 0. The van der Waals surface area contributed by atoms with Gasteiger partial charge in [0.25, 0.3) is 0 Å². The molecule has 2 rings (SSSR count). The molecule has 0 radical (unpaired) electrons. The predicted octanol–water partition coefficient (Wildman–Crippen LogP) is 0.315. The molecule has 2 fully saturated rings. The molecule has 0 aromatic heterocycles. The van der Waals surface area contributed by atoms with E-state index in [1.807, 2.05) is 4.90 Å². The summed E-state index contributed by atoms with van der Waals surface area (Å²) in [5, 5.41) is 12.1. The fraction of sp³-hybridized carbons (Fsp3) is 0.889. The Bertz CT molecular complexity index is 200. The van der Waals surface area contributed by atoms with Crippen LogP contribution >= 0.6 is 0 Å². The highest BCUT2D eigenvalue weighted by Crippen LogP contribution is 2.23. The molecule has 1 heterocycles. The predicted molar refractivity (Wildman–Crippen MR) is 48.4 cm³/mol. The van der Waals surface area contributed by atoms with Gasteiger partial charge in [-0.1, -0.05) is 0 Å². The zero-order valence-electron chi connectivity index (χ0n) is 7.70. The van der Waals surface area contributed by atoms with Crippen molar-refractivity contribution in [1.82, 2.24) is 10.2 Å². The topological polar surface area (TPSA) is 52.6 Å². The van der Waals surface area contributed by atoms with Crippen LogP contribution in [0.25, 0.3) is 0 Å². The number of aliphatic hydroxyl groups excluding tert-OH is 1. The third kappa shape index (κ3) is 1.77. The number of amides is 2. The van der Waals surface area contributed by atoms with Gasteiger partial charge in [0.15, 0.2) is 0 Å². The zero-order valence-corrected chi connectivity index (χ0v) is 7.70. The molecule has 0 bridgehead atoms. The molecule has 4 nitrogen and oxygen atoms in total. The summed E-state index contributed by atoms with van der Waals surface area (Å²) in [7, 11) is 0. The first-order valence-corrected chi connectivity index (χ1v) is 5.00. The summed E-state index contributed by atoms with van der Waals surface area (Å²) in [6, 6.07) is 0.437. The van der Waals surface area contributed by atoms with E-state index in [4.69, 9.17) is 0 Å². The number of nitrogens with zero attached hydrogens (tertiary/aromatic N) is 1. The van der Waals surface area contributed by atoms with Crippen molar-refractivity contribution in [3.05, 3.63) is 0 Å². The van der Waals surface area contributed by atoms with Gasteiger partial charge in [-0.2, -0.15) is 0 Å². The second kappa shape index (κ2) is 3.54. The third-order valence-electron chi connectivity index (χ3n) is 3.00. The Morgan fingerprint density at radius 2 is 2.00 bits per heavy atom. The number of carbonyl (C=O) groups is 1. The third-order valence-corrected chi connectivity index (χ3v) is 3.00. The van der Waals surface area contributed by atoms with Gasteiger partial charge in [-0.05, 0) is 25.7 Å². The number of hydrogen-bond donors (Lipinski definition) is 2. The number of carbonyl (C=O) groups excluding carboxylic acids is 1. The lowest BCUT2D eigenvalue weighted by atomic mass is 9.92. The van der Waals surface area contributed by atoms with Gasteiger partial charge in [0.2, 0.25) is 0 Å². The van der Waals surface area contributed by atoms with Gasteiger partial charge in [0, 0.05) is 19.1 Å². The highest BCUT2D eigenvalue weighted by Gasteiger charge is 2.30. The fourth-order valence-corrected chi connectivity index (χ4v) is 2.20. The maximum Gasteiger partial charge on any atom is 0.317 e. The molecule has 74 valence electrons. The van der Waals surface area contributed by atoms with Gasteiger partial charge >= 0.3 is 6.03 Å². The van der Waals surface area contributed by atoms with Gasteiger partial charge in [-0.15, -0.1) is 0 Å². The van der Waals surface area contributed by atoms with E-state index in [2.05, 4.69) is 5.32 Å². The monoisotopic (exact) mass is 184 g/mol. The lowest BCUT2D eigenvalue weighted by molar-refractivity contribution is 0.0915. The lowest BCUT2D eigenvalue weighted by Gasteiger charge is -2.31. The average Bonchev–Trinajstić information content (AvgIpc) is 2.53. The molecule has 1 aliphatic carbocycles. The first kappa shape index (κ1) is 8.81. The van der Waals surface area contributed by atoms with E-state index in [1.54, 1.807) is 0 Å². The van der Waals surface area contributed by atoms with Gasteiger partial charge in [-0.25, -0.2) is 4.79 Å². The zero-order chi connectivity index (χ0) is 9.26. The van der Waals surface area contributed by atoms with E-state index in [-0.39, 0.29) is 12.1 Å². The summed E-state index contributed by atoms with van der Waals surface area (Å²) in [4.78, 5) is 13.2. The number of hydrogen-bond acceptors (Lipinski definition) is 2. The van der Waals surface area contributed by atoms with E-state index < -0.39 is 0 Å². The molecule has 0 aromatic rings. The molecule has 2 N–H and O–H groups in total. The molecule has 0 spiro atoms. The highest BCUT2D eigenvalue weighted by atomic mass is 16.3. The largest absolute Gasteiger partial charge is 0.393 e. The van der Waals surface area contributed by atoms with Crippen LogP contribution in [0.3, 0.4) is 0 Å². The van der Waals surface area contributed by atoms with Gasteiger partial charge in [0.1, 0.15) is 0 Å². The summed E-state index contributed by atoms with van der Waals surface area (Å²) in [6.45, 7) is 1.61. The van der Waals surface area contributed by atoms with Crippen LogP contribution in [0.1, 0.15) is 25.7 Å². The quantitative estimate of drug-likeness (QED) is 0.616.